The molecule has 1 N–H and O–H groups in total. The molecule has 0 spiro atoms. The largest absolute Gasteiger partial charge is 0.573 e. The molecule has 2 rings (SSSR count). The monoisotopic (exact) mass is 374 g/mol. The number of rotatable bonds is 5. The average molecular weight is 374 g/mol. The maximum Gasteiger partial charge on any atom is 0.573 e. The Hall–Kier alpha value is -2.62. The van der Waals surface area contributed by atoms with E-state index in [9.17, 15) is 28.1 Å². The van der Waals surface area contributed by atoms with Gasteiger partial charge in [-0.3, -0.25) is 14.9 Å². The van der Waals surface area contributed by atoms with Crippen molar-refractivity contribution < 1.29 is 27.6 Å². The molecule has 25 heavy (non-hydrogen) atoms. The highest BCUT2D eigenvalue weighted by Gasteiger charge is 2.31. The lowest BCUT2D eigenvalue weighted by molar-refractivity contribution is -0.385. The van der Waals surface area contributed by atoms with Crippen LogP contribution in [0.3, 0.4) is 0 Å². The third kappa shape index (κ3) is 4.92. The van der Waals surface area contributed by atoms with Crippen molar-refractivity contribution in [3.63, 3.8) is 0 Å². The molecule has 0 aliphatic heterocycles. The van der Waals surface area contributed by atoms with E-state index in [1.807, 2.05) is 0 Å². The zero-order chi connectivity index (χ0) is 18.8. The fourth-order valence-electron chi connectivity index (χ4n) is 2.07. The second-order valence-electron chi connectivity index (χ2n) is 5.12. The normalized spacial score (nSPS) is 12.5. The van der Waals surface area contributed by atoms with Crippen molar-refractivity contribution in [3.05, 3.63) is 55.8 Å². The molecule has 0 saturated heterocycles. The SMILES string of the molecule is Cc1sc(C(=O)NC(C)c2ccc(OC(F)(F)F)cc2)cc1[N+](=O)[O-]. The van der Waals surface area contributed by atoms with Crippen LogP contribution in [0.2, 0.25) is 0 Å². The molecule has 1 aromatic heterocycles. The number of alkyl halides is 3. The molecule has 0 fully saturated rings. The topological polar surface area (TPSA) is 81.5 Å². The average Bonchev–Trinajstić information content (AvgIpc) is 2.88. The van der Waals surface area contributed by atoms with Gasteiger partial charge in [-0.25, -0.2) is 0 Å². The number of hydrogen-bond acceptors (Lipinski definition) is 5. The van der Waals surface area contributed by atoms with Crippen LogP contribution < -0.4 is 10.1 Å². The van der Waals surface area contributed by atoms with Gasteiger partial charge >= 0.3 is 6.36 Å². The molecule has 1 unspecified atom stereocenters. The van der Waals surface area contributed by atoms with Crippen molar-refractivity contribution in [2.75, 3.05) is 0 Å². The Kier molecular flexibility index (Phi) is 5.31. The molecule has 1 amide bonds. The lowest BCUT2D eigenvalue weighted by atomic mass is 10.1. The number of carbonyl (C=O) groups excluding carboxylic acids is 1. The standard InChI is InChI=1S/C15H13F3N2O4S/c1-8(10-3-5-11(6-4-10)24-15(16,17)18)19-14(21)13-7-12(20(22)23)9(2)25-13/h3-8H,1-2H3,(H,19,21). The second-order valence-corrected chi connectivity index (χ2v) is 6.38. The van der Waals surface area contributed by atoms with E-state index in [2.05, 4.69) is 10.1 Å². The minimum Gasteiger partial charge on any atom is -0.406 e. The highest BCUT2D eigenvalue weighted by Crippen LogP contribution is 2.29. The molecule has 0 aliphatic carbocycles. The van der Waals surface area contributed by atoms with Crippen LogP contribution in [-0.4, -0.2) is 17.2 Å². The summed E-state index contributed by atoms with van der Waals surface area (Å²) in [6, 6.07) is 5.77. The summed E-state index contributed by atoms with van der Waals surface area (Å²) < 4.78 is 40.2. The highest BCUT2D eigenvalue weighted by molar-refractivity contribution is 7.14. The molecule has 2 aromatic rings. The third-order valence-electron chi connectivity index (χ3n) is 3.27. The molecular formula is C15H13F3N2O4S. The van der Waals surface area contributed by atoms with Crippen LogP contribution in [0.15, 0.2) is 30.3 Å². The molecule has 0 radical (unpaired) electrons. The summed E-state index contributed by atoms with van der Waals surface area (Å²) in [4.78, 5) is 23.0. The molecule has 10 heteroatoms. The quantitative estimate of drug-likeness (QED) is 0.623. The predicted molar refractivity (Wildman–Crippen MR) is 84.7 cm³/mol. The van der Waals surface area contributed by atoms with Gasteiger partial charge < -0.3 is 10.1 Å². The van der Waals surface area contributed by atoms with E-state index < -0.39 is 23.2 Å². The van der Waals surface area contributed by atoms with Gasteiger partial charge in [0, 0.05) is 6.07 Å². The fourth-order valence-corrected chi connectivity index (χ4v) is 2.97. The number of nitrogens with one attached hydrogen (secondary N) is 1. The van der Waals surface area contributed by atoms with Crippen molar-refractivity contribution in [1.82, 2.24) is 5.32 Å². The van der Waals surface area contributed by atoms with Gasteiger partial charge in [-0.1, -0.05) is 12.1 Å². The Morgan fingerprint density at radius 2 is 1.92 bits per heavy atom. The van der Waals surface area contributed by atoms with Gasteiger partial charge in [-0.2, -0.15) is 0 Å². The molecule has 1 aromatic carbocycles. The Bertz CT molecular complexity index is 787. The molecule has 0 saturated carbocycles. The minimum atomic E-state index is -4.77. The summed E-state index contributed by atoms with van der Waals surface area (Å²) in [5.74, 6) is -0.858. The number of benzene rings is 1. The van der Waals surface area contributed by atoms with Crippen LogP contribution in [0, 0.1) is 17.0 Å². The fraction of sp³-hybridized carbons (Fsp3) is 0.267. The van der Waals surface area contributed by atoms with E-state index >= 15 is 0 Å². The third-order valence-corrected chi connectivity index (χ3v) is 4.31. The van der Waals surface area contributed by atoms with Crippen molar-refractivity contribution in [2.45, 2.75) is 26.3 Å². The minimum absolute atomic E-state index is 0.128. The maximum atomic E-state index is 12.2. The summed E-state index contributed by atoms with van der Waals surface area (Å²) in [6.07, 6.45) is -4.77. The van der Waals surface area contributed by atoms with Crippen LogP contribution in [0.5, 0.6) is 5.75 Å². The van der Waals surface area contributed by atoms with Crippen LogP contribution in [0.25, 0.3) is 0 Å². The number of thiophene rings is 1. The first-order valence-corrected chi connectivity index (χ1v) is 7.80. The Morgan fingerprint density at radius 3 is 2.40 bits per heavy atom. The predicted octanol–water partition coefficient (Wildman–Crippen LogP) is 4.35. The van der Waals surface area contributed by atoms with Gasteiger partial charge in [0.25, 0.3) is 11.6 Å². The van der Waals surface area contributed by atoms with Crippen LogP contribution >= 0.6 is 11.3 Å². The molecule has 0 aliphatic rings. The Morgan fingerprint density at radius 1 is 1.32 bits per heavy atom. The zero-order valence-corrected chi connectivity index (χ0v) is 13.9. The van der Waals surface area contributed by atoms with Crippen molar-refractivity contribution in [3.8, 4) is 5.75 Å². The first-order chi connectivity index (χ1) is 11.6. The maximum absolute atomic E-state index is 12.2. The van der Waals surface area contributed by atoms with E-state index in [0.717, 1.165) is 23.5 Å². The smallest absolute Gasteiger partial charge is 0.406 e. The van der Waals surface area contributed by atoms with E-state index in [1.54, 1.807) is 13.8 Å². The van der Waals surface area contributed by atoms with E-state index in [-0.39, 0.29) is 16.3 Å². The molecule has 1 atom stereocenters. The van der Waals surface area contributed by atoms with Gasteiger partial charge in [0.15, 0.2) is 0 Å². The van der Waals surface area contributed by atoms with E-state index in [1.165, 1.54) is 18.2 Å². The number of carbonyl (C=O) groups is 1. The molecular weight excluding hydrogens is 361 g/mol. The van der Waals surface area contributed by atoms with Crippen LogP contribution in [0.1, 0.15) is 33.1 Å². The van der Waals surface area contributed by atoms with Crippen molar-refractivity contribution >= 4 is 22.9 Å². The number of nitrogens with zero attached hydrogens (tertiary/aromatic N) is 1. The number of halogens is 3. The van der Waals surface area contributed by atoms with E-state index in [0.29, 0.717) is 10.4 Å². The number of ether oxygens (including phenoxy) is 1. The second kappa shape index (κ2) is 7.09. The summed E-state index contributed by atoms with van der Waals surface area (Å²) in [7, 11) is 0. The van der Waals surface area contributed by atoms with Crippen LogP contribution in [0.4, 0.5) is 18.9 Å². The number of amides is 1. The lowest BCUT2D eigenvalue weighted by Crippen LogP contribution is -2.25. The molecule has 0 bridgehead atoms. The molecule has 1 heterocycles. The van der Waals surface area contributed by atoms with Gasteiger partial charge in [0.05, 0.1) is 20.7 Å². The summed E-state index contributed by atoms with van der Waals surface area (Å²) in [5, 5.41) is 13.5. The van der Waals surface area contributed by atoms with Crippen LogP contribution in [-0.2, 0) is 0 Å². The number of hydrogen-bond donors (Lipinski definition) is 1. The Labute approximate surface area is 144 Å². The van der Waals surface area contributed by atoms with E-state index in [4.69, 9.17) is 0 Å². The van der Waals surface area contributed by atoms with Gasteiger partial charge in [-0.15, -0.1) is 24.5 Å². The first-order valence-electron chi connectivity index (χ1n) is 6.98. The Balaban J connectivity index is 2.06. The zero-order valence-electron chi connectivity index (χ0n) is 13.1. The van der Waals surface area contributed by atoms with Gasteiger partial charge in [0.2, 0.25) is 0 Å². The summed E-state index contributed by atoms with van der Waals surface area (Å²) >= 11 is 0.998. The number of nitro groups is 1. The number of aryl methyl sites for hydroxylation is 1. The highest BCUT2D eigenvalue weighted by atomic mass is 32.1. The molecule has 6 nitrogen and oxygen atoms in total. The van der Waals surface area contributed by atoms with Gasteiger partial charge in [-0.05, 0) is 31.5 Å². The van der Waals surface area contributed by atoms with Gasteiger partial charge in [0.1, 0.15) is 5.75 Å². The first kappa shape index (κ1) is 18.7. The lowest BCUT2D eigenvalue weighted by Gasteiger charge is -2.15. The van der Waals surface area contributed by atoms with Crippen molar-refractivity contribution in [2.24, 2.45) is 0 Å². The van der Waals surface area contributed by atoms with Crippen molar-refractivity contribution in [1.29, 1.82) is 0 Å². The molecule has 134 valence electrons. The summed E-state index contributed by atoms with van der Waals surface area (Å²) in [6.45, 7) is 3.19. The summed E-state index contributed by atoms with van der Waals surface area (Å²) in [5.41, 5.74) is 0.433.